The molecule has 0 bridgehead atoms. The number of carbonyl (C=O) groups is 1. The largest absolute Gasteiger partial charge is 0.504 e. The second-order valence-electron chi connectivity index (χ2n) is 4.97. The van der Waals surface area contributed by atoms with E-state index >= 15 is 0 Å². The summed E-state index contributed by atoms with van der Waals surface area (Å²) in [6, 6.07) is 14.2. The normalized spacial score (nSPS) is 16.3. The van der Waals surface area contributed by atoms with Gasteiger partial charge in [-0.05, 0) is 17.7 Å². The Morgan fingerprint density at radius 3 is 2.57 bits per heavy atom. The standard InChI is InChI=1S/C17H13NO3S2/c19-13-8-4-7-12(15(13)20)9-14-16(21)18(17(22)23-14)10-11-5-2-1-3-6-11/h1-9,19-20H,10H2/b14-9+. The number of benzene rings is 2. The van der Waals surface area contributed by atoms with Crippen molar-refractivity contribution in [2.45, 2.75) is 6.54 Å². The Kier molecular flexibility index (Phi) is 4.36. The molecule has 3 rings (SSSR count). The zero-order chi connectivity index (χ0) is 16.4. The van der Waals surface area contributed by atoms with E-state index in [0.717, 1.165) is 5.56 Å². The van der Waals surface area contributed by atoms with Gasteiger partial charge in [-0.1, -0.05) is 66.4 Å². The van der Waals surface area contributed by atoms with Gasteiger partial charge in [0.05, 0.1) is 11.4 Å². The zero-order valence-electron chi connectivity index (χ0n) is 12.0. The number of aromatic hydroxyl groups is 2. The average molecular weight is 343 g/mol. The van der Waals surface area contributed by atoms with Crippen LogP contribution in [0.1, 0.15) is 11.1 Å². The summed E-state index contributed by atoms with van der Waals surface area (Å²) in [6.07, 6.45) is 1.54. The smallest absolute Gasteiger partial charge is 0.266 e. The van der Waals surface area contributed by atoms with Crippen LogP contribution in [0.4, 0.5) is 0 Å². The van der Waals surface area contributed by atoms with Gasteiger partial charge in [-0.2, -0.15) is 0 Å². The number of thiocarbonyl (C=S) groups is 1. The molecule has 0 radical (unpaired) electrons. The zero-order valence-corrected chi connectivity index (χ0v) is 13.6. The van der Waals surface area contributed by atoms with Crippen LogP contribution in [0, 0.1) is 0 Å². The van der Waals surface area contributed by atoms with Crippen LogP contribution in [-0.2, 0) is 11.3 Å². The fourth-order valence-corrected chi connectivity index (χ4v) is 3.45. The van der Waals surface area contributed by atoms with E-state index in [1.54, 1.807) is 18.2 Å². The number of nitrogens with zero attached hydrogens (tertiary/aromatic N) is 1. The van der Waals surface area contributed by atoms with Crippen molar-refractivity contribution in [1.29, 1.82) is 0 Å². The first kappa shape index (κ1) is 15.6. The van der Waals surface area contributed by atoms with Gasteiger partial charge in [-0.25, -0.2) is 0 Å². The summed E-state index contributed by atoms with van der Waals surface area (Å²) in [5, 5.41) is 19.4. The van der Waals surface area contributed by atoms with Gasteiger partial charge in [0.25, 0.3) is 5.91 Å². The van der Waals surface area contributed by atoms with Gasteiger partial charge < -0.3 is 10.2 Å². The van der Waals surface area contributed by atoms with E-state index in [1.807, 2.05) is 30.3 Å². The second-order valence-corrected chi connectivity index (χ2v) is 6.64. The van der Waals surface area contributed by atoms with Crippen LogP contribution in [0.15, 0.2) is 53.4 Å². The minimum absolute atomic E-state index is 0.202. The number of hydrogen-bond donors (Lipinski definition) is 2. The molecule has 0 spiro atoms. The number of thioether (sulfide) groups is 1. The summed E-state index contributed by atoms with van der Waals surface area (Å²) in [5.74, 6) is -0.675. The van der Waals surface area contributed by atoms with Crippen LogP contribution in [0.3, 0.4) is 0 Å². The van der Waals surface area contributed by atoms with Crippen molar-refractivity contribution in [1.82, 2.24) is 4.90 Å². The molecule has 2 aromatic rings. The number of amides is 1. The highest BCUT2D eigenvalue weighted by Crippen LogP contribution is 2.36. The van der Waals surface area contributed by atoms with Crippen molar-refractivity contribution < 1.29 is 15.0 Å². The lowest BCUT2D eigenvalue weighted by Crippen LogP contribution is -2.27. The molecule has 0 aromatic heterocycles. The summed E-state index contributed by atoms with van der Waals surface area (Å²) in [7, 11) is 0. The van der Waals surface area contributed by atoms with E-state index < -0.39 is 0 Å². The van der Waals surface area contributed by atoms with Crippen molar-refractivity contribution in [3.63, 3.8) is 0 Å². The first-order chi connectivity index (χ1) is 11.1. The Bertz CT molecular complexity index is 803. The van der Waals surface area contributed by atoms with Crippen LogP contribution in [-0.4, -0.2) is 25.3 Å². The topological polar surface area (TPSA) is 60.8 Å². The van der Waals surface area contributed by atoms with E-state index in [4.69, 9.17) is 12.2 Å². The van der Waals surface area contributed by atoms with Gasteiger partial charge in [-0.15, -0.1) is 0 Å². The molecule has 1 amide bonds. The van der Waals surface area contributed by atoms with Crippen LogP contribution in [0.2, 0.25) is 0 Å². The fraction of sp³-hybridized carbons (Fsp3) is 0.0588. The molecular formula is C17H13NO3S2. The predicted molar refractivity (Wildman–Crippen MR) is 94.9 cm³/mol. The average Bonchev–Trinajstić information content (AvgIpc) is 2.80. The van der Waals surface area contributed by atoms with E-state index in [2.05, 4.69) is 0 Å². The Morgan fingerprint density at radius 1 is 1.09 bits per heavy atom. The fourth-order valence-electron chi connectivity index (χ4n) is 2.21. The molecular weight excluding hydrogens is 330 g/mol. The van der Waals surface area contributed by atoms with Crippen molar-refractivity contribution in [3.05, 3.63) is 64.6 Å². The first-order valence-electron chi connectivity index (χ1n) is 6.86. The summed E-state index contributed by atoms with van der Waals surface area (Å²) in [5.41, 5.74) is 1.37. The van der Waals surface area contributed by atoms with E-state index in [0.29, 0.717) is 21.3 Å². The number of rotatable bonds is 3. The second kappa shape index (κ2) is 6.44. The van der Waals surface area contributed by atoms with Gasteiger partial charge in [0.15, 0.2) is 11.5 Å². The molecule has 1 fully saturated rings. The first-order valence-corrected chi connectivity index (χ1v) is 8.09. The Labute approximate surface area is 143 Å². The number of hydrogen-bond acceptors (Lipinski definition) is 5. The third-order valence-corrected chi connectivity index (χ3v) is 4.77. The molecule has 23 heavy (non-hydrogen) atoms. The van der Waals surface area contributed by atoms with Gasteiger partial charge >= 0.3 is 0 Å². The van der Waals surface area contributed by atoms with E-state index in [1.165, 1.54) is 22.7 Å². The van der Waals surface area contributed by atoms with Crippen LogP contribution in [0.5, 0.6) is 11.5 Å². The maximum absolute atomic E-state index is 12.5. The monoisotopic (exact) mass is 343 g/mol. The summed E-state index contributed by atoms with van der Waals surface area (Å²) in [6.45, 7) is 0.412. The Balaban J connectivity index is 1.86. The lowest BCUT2D eigenvalue weighted by atomic mass is 10.1. The highest BCUT2D eigenvalue weighted by Gasteiger charge is 2.32. The van der Waals surface area contributed by atoms with E-state index in [9.17, 15) is 15.0 Å². The third-order valence-electron chi connectivity index (χ3n) is 3.39. The maximum Gasteiger partial charge on any atom is 0.266 e. The number of carbonyl (C=O) groups excluding carboxylic acids is 1. The SMILES string of the molecule is O=C1/C(=C\c2cccc(O)c2O)SC(=S)N1Cc1ccccc1. The number of phenolic OH excluding ortho intramolecular Hbond substituents is 2. The minimum atomic E-state index is -0.249. The van der Waals surface area contributed by atoms with Gasteiger partial charge in [-0.3, -0.25) is 9.69 Å². The molecule has 116 valence electrons. The molecule has 6 heteroatoms. The van der Waals surface area contributed by atoms with Gasteiger partial charge in [0.2, 0.25) is 0 Å². The highest BCUT2D eigenvalue weighted by atomic mass is 32.2. The lowest BCUT2D eigenvalue weighted by Gasteiger charge is -2.14. The molecule has 2 aromatic carbocycles. The van der Waals surface area contributed by atoms with Crippen LogP contribution >= 0.6 is 24.0 Å². The van der Waals surface area contributed by atoms with Crippen LogP contribution in [0.25, 0.3) is 6.08 Å². The van der Waals surface area contributed by atoms with Crippen molar-refractivity contribution in [2.24, 2.45) is 0 Å². The van der Waals surface area contributed by atoms with Gasteiger partial charge in [0, 0.05) is 5.56 Å². The molecule has 1 saturated heterocycles. The molecule has 0 aliphatic carbocycles. The number of para-hydroxylation sites is 1. The van der Waals surface area contributed by atoms with Crippen LogP contribution < -0.4 is 0 Å². The molecule has 0 atom stereocenters. The molecule has 0 unspecified atom stereocenters. The van der Waals surface area contributed by atoms with Crippen molar-refractivity contribution >= 4 is 40.3 Å². The predicted octanol–water partition coefficient (Wildman–Crippen LogP) is 3.50. The van der Waals surface area contributed by atoms with Gasteiger partial charge in [0.1, 0.15) is 4.32 Å². The molecule has 1 aliphatic heterocycles. The quantitative estimate of drug-likeness (QED) is 0.507. The molecule has 4 nitrogen and oxygen atoms in total. The highest BCUT2D eigenvalue weighted by molar-refractivity contribution is 8.26. The molecule has 1 aliphatic rings. The summed E-state index contributed by atoms with van der Waals surface area (Å²) < 4.78 is 0.477. The maximum atomic E-state index is 12.5. The minimum Gasteiger partial charge on any atom is -0.504 e. The molecule has 0 saturated carbocycles. The summed E-state index contributed by atoms with van der Waals surface area (Å²) >= 11 is 6.47. The van der Waals surface area contributed by atoms with E-state index in [-0.39, 0.29) is 17.4 Å². The van der Waals surface area contributed by atoms with Crippen molar-refractivity contribution in [3.8, 4) is 11.5 Å². The Morgan fingerprint density at radius 2 is 1.83 bits per heavy atom. The van der Waals surface area contributed by atoms with Crippen molar-refractivity contribution in [2.75, 3.05) is 0 Å². The number of phenols is 2. The molecule has 1 heterocycles. The third kappa shape index (κ3) is 3.23. The molecule has 2 N–H and O–H groups in total. The Hall–Kier alpha value is -2.31. The lowest BCUT2D eigenvalue weighted by molar-refractivity contribution is -0.122. The summed E-state index contributed by atoms with van der Waals surface area (Å²) in [4.78, 5) is 14.5.